The average Bonchev–Trinajstić information content (AvgIpc) is 2.45. The summed E-state index contributed by atoms with van der Waals surface area (Å²) < 4.78 is 0. The zero-order valence-corrected chi connectivity index (χ0v) is 12.5. The van der Waals surface area contributed by atoms with Crippen LogP contribution in [0.5, 0.6) is 0 Å². The van der Waals surface area contributed by atoms with E-state index in [1.54, 1.807) is 11.1 Å². The second-order valence-electron chi connectivity index (χ2n) is 6.85. The van der Waals surface area contributed by atoms with Gasteiger partial charge in [0.15, 0.2) is 0 Å². The molecular weight excluding hydrogens is 230 g/mol. The molecule has 0 N–H and O–H groups in total. The van der Waals surface area contributed by atoms with Crippen LogP contribution in [0.1, 0.15) is 49.7 Å². The molecule has 1 aromatic rings. The highest BCUT2D eigenvalue weighted by atomic mass is 15.0. The third-order valence-electron chi connectivity index (χ3n) is 5.53. The summed E-state index contributed by atoms with van der Waals surface area (Å²) in [5, 5.41) is 0. The van der Waals surface area contributed by atoms with Crippen molar-refractivity contribution in [3.05, 3.63) is 35.4 Å². The van der Waals surface area contributed by atoms with Crippen molar-refractivity contribution in [1.82, 2.24) is 4.90 Å². The molecule has 2 aliphatic rings. The van der Waals surface area contributed by atoms with E-state index >= 15 is 0 Å². The van der Waals surface area contributed by atoms with Gasteiger partial charge in [-0.2, -0.15) is 0 Å². The largest absolute Gasteiger partial charge is 0.309 e. The molecule has 0 aliphatic heterocycles. The van der Waals surface area contributed by atoms with Crippen molar-refractivity contribution in [1.29, 1.82) is 0 Å². The monoisotopic (exact) mass is 257 g/mol. The van der Waals surface area contributed by atoms with Gasteiger partial charge < -0.3 is 4.90 Å². The Balaban J connectivity index is 1.98. The predicted octanol–water partition coefficient (Wildman–Crippen LogP) is 4.01. The molecule has 0 aromatic heterocycles. The van der Waals surface area contributed by atoms with Crippen LogP contribution in [0.2, 0.25) is 0 Å². The molecule has 0 spiro atoms. The topological polar surface area (TPSA) is 3.24 Å². The van der Waals surface area contributed by atoms with Gasteiger partial charge in [0.2, 0.25) is 0 Å². The van der Waals surface area contributed by atoms with Crippen LogP contribution in [0, 0.1) is 5.92 Å². The average molecular weight is 257 g/mol. The van der Waals surface area contributed by atoms with Crippen LogP contribution in [0.3, 0.4) is 0 Å². The maximum absolute atomic E-state index is 2.43. The number of hydrogen-bond acceptors (Lipinski definition) is 1. The summed E-state index contributed by atoms with van der Waals surface area (Å²) in [6.07, 6.45) is 9.84. The summed E-state index contributed by atoms with van der Waals surface area (Å²) in [6.45, 7) is 1.23. The highest BCUT2D eigenvalue weighted by molar-refractivity contribution is 5.38. The Hall–Kier alpha value is -0.820. The summed E-state index contributed by atoms with van der Waals surface area (Å²) in [4.78, 5) is 2.36. The lowest BCUT2D eigenvalue weighted by Crippen LogP contribution is -2.43. The predicted molar refractivity (Wildman–Crippen MR) is 81.6 cm³/mol. The van der Waals surface area contributed by atoms with Crippen LogP contribution >= 0.6 is 0 Å². The number of hydrogen-bond donors (Lipinski definition) is 0. The molecule has 1 nitrogen and oxygen atoms in total. The molecule has 0 saturated heterocycles. The zero-order valence-electron chi connectivity index (χ0n) is 12.5. The number of rotatable bonds is 3. The van der Waals surface area contributed by atoms with E-state index < -0.39 is 0 Å². The maximum Gasteiger partial charge on any atom is -0.000379 e. The molecule has 0 unspecified atom stereocenters. The molecule has 0 bridgehead atoms. The summed E-state index contributed by atoms with van der Waals surface area (Å²) in [5.74, 6) is 0.941. The van der Waals surface area contributed by atoms with Crippen LogP contribution < -0.4 is 0 Å². The third kappa shape index (κ3) is 2.33. The summed E-state index contributed by atoms with van der Waals surface area (Å²) in [6, 6.07) is 9.29. The Bertz CT molecular complexity index is 437. The first-order valence-corrected chi connectivity index (χ1v) is 7.95. The summed E-state index contributed by atoms with van der Waals surface area (Å²) in [5.41, 5.74) is 3.84. The smallest absolute Gasteiger partial charge is 0.000379 e. The highest BCUT2D eigenvalue weighted by Gasteiger charge is 2.44. The van der Waals surface area contributed by atoms with E-state index in [0.717, 1.165) is 5.92 Å². The van der Waals surface area contributed by atoms with Crippen LogP contribution in [0.25, 0.3) is 0 Å². The normalized spacial score (nSPS) is 29.9. The molecule has 0 radical (unpaired) electrons. The number of benzene rings is 1. The first kappa shape index (κ1) is 13.2. The van der Waals surface area contributed by atoms with Crippen LogP contribution in [-0.4, -0.2) is 25.5 Å². The first-order chi connectivity index (χ1) is 9.22. The molecule has 19 heavy (non-hydrogen) atoms. The minimum atomic E-state index is 0.497. The van der Waals surface area contributed by atoms with E-state index in [-0.39, 0.29) is 0 Å². The van der Waals surface area contributed by atoms with Crippen molar-refractivity contribution in [2.75, 3.05) is 20.6 Å². The van der Waals surface area contributed by atoms with Crippen LogP contribution in [0.4, 0.5) is 0 Å². The van der Waals surface area contributed by atoms with E-state index in [1.807, 2.05) is 0 Å². The van der Waals surface area contributed by atoms with Gasteiger partial charge in [-0.1, -0.05) is 37.1 Å². The Labute approximate surface area is 118 Å². The van der Waals surface area contributed by atoms with Gasteiger partial charge >= 0.3 is 0 Å². The van der Waals surface area contributed by atoms with Crippen molar-refractivity contribution in [2.24, 2.45) is 5.92 Å². The van der Waals surface area contributed by atoms with Crippen LogP contribution in [0.15, 0.2) is 24.3 Å². The van der Waals surface area contributed by atoms with Gasteiger partial charge in [0.05, 0.1) is 0 Å². The van der Waals surface area contributed by atoms with Gasteiger partial charge in [-0.25, -0.2) is 0 Å². The zero-order chi connectivity index (χ0) is 13.3. The molecule has 1 fully saturated rings. The van der Waals surface area contributed by atoms with E-state index in [0.29, 0.717) is 5.41 Å². The fourth-order valence-corrected chi connectivity index (χ4v) is 4.53. The minimum absolute atomic E-state index is 0.497. The lowest BCUT2D eigenvalue weighted by atomic mass is 9.56. The number of nitrogens with zero attached hydrogens (tertiary/aromatic N) is 1. The maximum atomic E-state index is 2.43. The Morgan fingerprint density at radius 2 is 2.00 bits per heavy atom. The molecule has 2 aliphatic carbocycles. The number of fused-ring (bicyclic) bond motifs is 3. The van der Waals surface area contributed by atoms with Gasteiger partial charge in [-0.3, -0.25) is 0 Å². The van der Waals surface area contributed by atoms with Crippen LogP contribution in [-0.2, 0) is 11.8 Å². The van der Waals surface area contributed by atoms with Gasteiger partial charge in [0.1, 0.15) is 0 Å². The van der Waals surface area contributed by atoms with E-state index in [4.69, 9.17) is 0 Å². The van der Waals surface area contributed by atoms with Crippen molar-refractivity contribution in [3.8, 4) is 0 Å². The molecule has 0 amide bonds. The lowest BCUT2D eigenvalue weighted by molar-refractivity contribution is 0.136. The lowest BCUT2D eigenvalue weighted by Gasteiger charge is -2.49. The van der Waals surface area contributed by atoms with Gasteiger partial charge in [-0.15, -0.1) is 0 Å². The quantitative estimate of drug-likeness (QED) is 0.790. The molecular formula is C18H27N. The fraction of sp³-hybridized carbons (Fsp3) is 0.667. The standard InChI is InChI=1S/C18H27N/c1-19(2)14-13-18-12-6-5-8-16(18)11-10-15-7-3-4-9-17(15)18/h3-4,7,9,16H,5-6,8,10-14H2,1-2H3/t16-,18+/m1/s1. The molecule has 2 atom stereocenters. The molecule has 104 valence electrons. The molecule has 1 heteroatoms. The van der Waals surface area contributed by atoms with E-state index in [1.165, 1.54) is 51.5 Å². The summed E-state index contributed by atoms with van der Waals surface area (Å²) >= 11 is 0. The van der Waals surface area contributed by atoms with Gasteiger partial charge in [0.25, 0.3) is 0 Å². The van der Waals surface area contributed by atoms with E-state index in [2.05, 4.69) is 43.3 Å². The number of aryl methyl sites for hydroxylation is 1. The second kappa shape index (κ2) is 5.28. The molecule has 3 rings (SSSR count). The molecule has 1 aromatic carbocycles. The Kier molecular flexibility index (Phi) is 3.66. The first-order valence-electron chi connectivity index (χ1n) is 7.95. The van der Waals surface area contributed by atoms with Gasteiger partial charge in [-0.05, 0) is 75.2 Å². The fourth-order valence-electron chi connectivity index (χ4n) is 4.53. The Morgan fingerprint density at radius 3 is 2.84 bits per heavy atom. The van der Waals surface area contributed by atoms with Crippen molar-refractivity contribution in [2.45, 2.75) is 50.4 Å². The van der Waals surface area contributed by atoms with Crippen molar-refractivity contribution < 1.29 is 0 Å². The van der Waals surface area contributed by atoms with Gasteiger partial charge in [0, 0.05) is 0 Å². The molecule has 1 saturated carbocycles. The highest BCUT2D eigenvalue weighted by Crippen LogP contribution is 2.52. The summed E-state index contributed by atoms with van der Waals surface area (Å²) in [7, 11) is 4.42. The second-order valence-corrected chi connectivity index (χ2v) is 6.85. The SMILES string of the molecule is CN(C)CC[C@@]12CCCC[C@@H]1CCc1ccccc12. The van der Waals surface area contributed by atoms with E-state index in [9.17, 15) is 0 Å². The van der Waals surface area contributed by atoms with Crippen molar-refractivity contribution >= 4 is 0 Å². The van der Waals surface area contributed by atoms with Crippen molar-refractivity contribution in [3.63, 3.8) is 0 Å². The molecule has 0 heterocycles. The third-order valence-corrected chi connectivity index (χ3v) is 5.53. The Morgan fingerprint density at radius 1 is 1.16 bits per heavy atom. The minimum Gasteiger partial charge on any atom is -0.309 e.